The van der Waals surface area contributed by atoms with E-state index < -0.39 is 0 Å². The second kappa shape index (κ2) is 5.44. The van der Waals surface area contributed by atoms with Gasteiger partial charge in [-0.2, -0.15) is 5.10 Å². The van der Waals surface area contributed by atoms with E-state index >= 15 is 0 Å². The summed E-state index contributed by atoms with van der Waals surface area (Å²) in [5, 5.41) is 6.95. The average Bonchev–Trinajstić information content (AvgIpc) is 2.38. The van der Waals surface area contributed by atoms with Crippen LogP contribution in [0.4, 0.5) is 15.8 Å². The first-order chi connectivity index (χ1) is 9.01. The Balaban J connectivity index is 2.36. The van der Waals surface area contributed by atoms with Crippen molar-refractivity contribution < 1.29 is 4.39 Å². The van der Waals surface area contributed by atoms with Crippen molar-refractivity contribution in [2.24, 2.45) is 7.05 Å². The summed E-state index contributed by atoms with van der Waals surface area (Å²) in [7, 11) is 1.58. The predicted molar refractivity (Wildman–Crippen MR) is 75.7 cm³/mol. The van der Waals surface area contributed by atoms with E-state index in [1.54, 1.807) is 20.0 Å². The molecule has 1 heterocycles. The summed E-state index contributed by atoms with van der Waals surface area (Å²) in [5.74, 6) is -0.355. The van der Waals surface area contributed by atoms with E-state index in [0.29, 0.717) is 17.1 Å². The number of hydrogen-bond acceptors (Lipinski definition) is 4. The van der Waals surface area contributed by atoms with Crippen LogP contribution < -0.4 is 10.9 Å². The second-order valence-electron chi connectivity index (χ2n) is 4.08. The lowest BCUT2D eigenvalue weighted by molar-refractivity contribution is 0.628. The number of benzene rings is 1. The van der Waals surface area contributed by atoms with Gasteiger partial charge in [0.2, 0.25) is 0 Å². The molecule has 0 atom stereocenters. The Kier molecular flexibility index (Phi) is 3.90. The molecule has 1 N–H and O–H groups in total. The summed E-state index contributed by atoms with van der Waals surface area (Å²) < 4.78 is 15.1. The smallest absolute Gasteiger partial charge is 0.268 e. The molecule has 4 nitrogen and oxygen atoms in total. The highest BCUT2D eigenvalue weighted by molar-refractivity contribution is 7.98. The zero-order valence-electron chi connectivity index (χ0n) is 10.9. The van der Waals surface area contributed by atoms with E-state index in [1.807, 2.05) is 12.3 Å². The first-order valence-electron chi connectivity index (χ1n) is 5.67. The number of aromatic nitrogens is 2. The lowest BCUT2D eigenvalue weighted by Gasteiger charge is -2.11. The summed E-state index contributed by atoms with van der Waals surface area (Å²) in [4.78, 5) is 12.4. The SMILES string of the molecule is CSc1ccc(Nc2cc(=O)n(C)nc2C)c(F)c1. The molecule has 6 heteroatoms. The Morgan fingerprint density at radius 2 is 2.05 bits per heavy atom. The van der Waals surface area contributed by atoms with Crippen LogP contribution in [0.25, 0.3) is 0 Å². The number of aryl methyl sites for hydroxylation is 2. The van der Waals surface area contributed by atoms with Gasteiger partial charge in [0, 0.05) is 18.0 Å². The molecule has 1 aromatic carbocycles. The van der Waals surface area contributed by atoms with Crippen LogP contribution in [-0.4, -0.2) is 16.0 Å². The molecule has 0 bridgehead atoms. The van der Waals surface area contributed by atoms with E-state index in [9.17, 15) is 9.18 Å². The standard InChI is InChI=1S/C13H14FN3OS/c1-8-12(7-13(18)17(2)16-8)15-11-5-4-9(19-3)6-10(11)14/h4-7,15H,1-3H3. The number of nitrogens with one attached hydrogen (secondary N) is 1. The Morgan fingerprint density at radius 3 is 2.68 bits per heavy atom. The van der Waals surface area contributed by atoms with E-state index in [2.05, 4.69) is 10.4 Å². The highest BCUT2D eigenvalue weighted by atomic mass is 32.2. The van der Waals surface area contributed by atoms with Crippen molar-refractivity contribution in [3.8, 4) is 0 Å². The van der Waals surface area contributed by atoms with Gasteiger partial charge in [-0.1, -0.05) is 0 Å². The topological polar surface area (TPSA) is 46.9 Å². The average molecular weight is 279 g/mol. The van der Waals surface area contributed by atoms with Crippen molar-refractivity contribution in [2.45, 2.75) is 11.8 Å². The van der Waals surface area contributed by atoms with E-state index in [0.717, 1.165) is 4.90 Å². The Hall–Kier alpha value is -1.82. The molecular weight excluding hydrogens is 265 g/mol. The summed E-state index contributed by atoms with van der Waals surface area (Å²) in [6.07, 6.45) is 1.89. The van der Waals surface area contributed by atoms with Crippen LogP contribution in [0.2, 0.25) is 0 Å². The van der Waals surface area contributed by atoms with Gasteiger partial charge in [0.15, 0.2) is 0 Å². The van der Waals surface area contributed by atoms with E-state index in [1.165, 1.54) is 28.6 Å². The van der Waals surface area contributed by atoms with Crippen molar-refractivity contribution in [1.82, 2.24) is 9.78 Å². The molecular formula is C13H14FN3OS. The molecule has 19 heavy (non-hydrogen) atoms. The van der Waals surface area contributed by atoms with Gasteiger partial charge >= 0.3 is 0 Å². The van der Waals surface area contributed by atoms with Gasteiger partial charge < -0.3 is 5.32 Å². The largest absolute Gasteiger partial charge is 0.351 e. The third-order valence-corrected chi connectivity index (χ3v) is 3.45. The maximum absolute atomic E-state index is 13.9. The molecule has 0 radical (unpaired) electrons. The van der Waals surface area contributed by atoms with Gasteiger partial charge in [-0.15, -0.1) is 11.8 Å². The third kappa shape index (κ3) is 2.96. The van der Waals surface area contributed by atoms with Crippen LogP contribution in [-0.2, 0) is 7.05 Å². The molecule has 0 amide bonds. The number of rotatable bonds is 3. The fourth-order valence-corrected chi connectivity index (χ4v) is 2.07. The highest BCUT2D eigenvalue weighted by Crippen LogP contribution is 2.24. The van der Waals surface area contributed by atoms with Crippen LogP contribution in [0.1, 0.15) is 5.69 Å². The molecule has 0 aliphatic heterocycles. The molecule has 2 aromatic rings. The van der Waals surface area contributed by atoms with Crippen LogP contribution in [0.5, 0.6) is 0 Å². The zero-order valence-corrected chi connectivity index (χ0v) is 11.7. The molecule has 0 unspecified atom stereocenters. The van der Waals surface area contributed by atoms with Gasteiger partial charge in [0.05, 0.1) is 17.1 Å². The second-order valence-corrected chi connectivity index (χ2v) is 4.96. The van der Waals surface area contributed by atoms with E-state index in [-0.39, 0.29) is 11.4 Å². The number of nitrogens with zero attached hydrogens (tertiary/aromatic N) is 2. The molecule has 0 saturated carbocycles. The number of thioether (sulfide) groups is 1. The van der Waals surface area contributed by atoms with Crippen molar-refractivity contribution in [3.63, 3.8) is 0 Å². The Bertz CT molecular complexity index is 669. The van der Waals surface area contributed by atoms with Gasteiger partial charge in [0.25, 0.3) is 5.56 Å². The fraction of sp³-hybridized carbons (Fsp3) is 0.231. The normalized spacial score (nSPS) is 10.5. The van der Waals surface area contributed by atoms with Crippen molar-refractivity contribution in [3.05, 3.63) is 46.1 Å². The van der Waals surface area contributed by atoms with Crippen LogP contribution in [0, 0.1) is 12.7 Å². The maximum Gasteiger partial charge on any atom is 0.268 e. The molecule has 0 aliphatic rings. The van der Waals surface area contributed by atoms with Crippen molar-refractivity contribution >= 4 is 23.1 Å². The van der Waals surface area contributed by atoms with Crippen LogP contribution in [0.3, 0.4) is 0 Å². The quantitative estimate of drug-likeness (QED) is 0.878. The predicted octanol–water partition coefficient (Wildman–Crippen LogP) is 2.69. The lowest BCUT2D eigenvalue weighted by Crippen LogP contribution is -2.20. The number of hydrogen-bond donors (Lipinski definition) is 1. The molecule has 0 aliphatic carbocycles. The highest BCUT2D eigenvalue weighted by Gasteiger charge is 2.07. The van der Waals surface area contributed by atoms with Gasteiger partial charge in [-0.25, -0.2) is 9.07 Å². The number of halogens is 1. The van der Waals surface area contributed by atoms with Crippen molar-refractivity contribution in [1.29, 1.82) is 0 Å². The van der Waals surface area contributed by atoms with Gasteiger partial charge in [-0.05, 0) is 31.4 Å². The third-order valence-electron chi connectivity index (χ3n) is 2.72. The molecule has 2 rings (SSSR count). The van der Waals surface area contributed by atoms with Crippen LogP contribution in [0.15, 0.2) is 34.0 Å². The monoisotopic (exact) mass is 279 g/mol. The molecule has 1 aromatic heterocycles. The molecule has 0 saturated heterocycles. The minimum Gasteiger partial charge on any atom is -0.351 e. The summed E-state index contributed by atoms with van der Waals surface area (Å²) >= 11 is 1.47. The van der Waals surface area contributed by atoms with Gasteiger partial charge in [-0.3, -0.25) is 4.79 Å². The molecule has 0 spiro atoms. The maximum atomic E-state index is 13.9. The molecule has 0 fully saturated rings. The summed E-state index contributed by atoms with van der Waals surface area (Å²) in [5.41, 5.74) is 1.24. The summed E-state index contributed by atoms with van der Waals surface area (Å²) in [6.45, 7) is 1.76. The molecule has 100 valence electrons. The minimum atomic E-state index is -0.355. The first-order valence-corrected chi connectivity index (χ1v) is 6.89. The van der Waals surface area contributed by atoms with Crippen molar-refractivity contribution in [2.75, 3.05) is 11.6 Å². The lowest BCUT2D eigenvalue weighted by atomic mass is 10.2. The van der Waals surface area contributed by atoms with E-state index in [4.69, 9.17) is 0 Å². The fourth-order valence-electron chi connectivity index (χ4n) is 1.65. The summed E-state index contributed by atoms with van der Waals surface area (Å²) in [6, 6.07) is 6.33. The first kappa shape index (κ1) is 13.6. The Morgan fingerprint density at radius 1 is 1.32 bits per heavy atom. The minimum absolute atomic E-state index is 0.241. The Labute approximate surface area is 114 Å². The zero-order chi connectivity index (χ0) is 14.0. The van der Waals surface area contributed by atoms with Crippen LogP contribution >= 0.6 is 11.8 Å². The van der Waals surface area contributed by atoms with Gasteiger partial charge in [0.1, 0.15) is 5.82 Å². The number of anilines is 2.